The van der Waals surface area contributed by atoms with Gasteiger partial charge in [-0.1, -0.05) is 28.8 Å². The Bertz CT molecular complexity index is 258. The Morgan fingerprint density at radius 3 is 2.75 bits per heavy atom. The van der Waals surface area contributed by atoms with Crippen LogP contribution in [0.4, 0.5) is 4.79 Å². The molecule has 4 nitrogen and oxygen atoms in total. The predicted molar refractivity (Wildman–Crippen MR) is 64.8 cm³/mol. The third kappa shape index (κ3) is 3.47. The number of carbonyl (C=O) groups is 2. The maximum Gasteiger partial charge on any atom is 0.410 e. The Morgan fingerprint density at radius 2 is 2.12 bits per heavy atom. The number of hydrogen-bond acceptors (Lipinski definition) is 3. The standard InChI is InChI=1S/C11H18BrNO3/c1-2-16-11(15)13-7-5-3-4-6-9(13)10(14)8-12/h9H,2-8H2,1H3. The molecule has 1 heterocycles. The van der Waals surface area contributed by atoms with Gasteiger partial charge in [0.05, 0.1) is 18.0 Å². The van der Waals surface area contributed by atoms with E-state index in [0.717, 1.165) is 25.7 Å². The smallest absolute Gasteiger partial charge is 0.410 e. The van der Waals surface area contributed by atoms with Crippen molar-refractivity contribution in [2.24, 2.45) is 0 Å². The van der Waals surface area contributed by atoms with Gasteiger partial charge < -0.3 is 4.74 Å². The number of likely N-dealkylation sites (tertiary alicyclic amines) is 1. The molecule has 1 atom stereocenters. The van der Waals surface area contributed by atoms with Crippen molar-refractivity contribution < 1.29 is 14.3 Å². The highest BCUT2D eigenvalue weighted by atomic mass is 79.9. The van der Waals surface area contributed by atoms with E-state index < -0.39 is 0 Å². The van der Waals surface area contributed by atoms with Crippen LogP contribution in [-0.2, 0) is 9.53 Å². The Kier molecular flexibility index (Phi) is 5.80. The second kappa shape index (κ2) is 6.89. The van der Waals surface area contributed by atoms with Crippen LogP contribution in [-0.4, -0.2) is 41.3 Å². The molecule has 1 rings (SSSR count). The number of amides is 1. The van der Waals surface area contributed by atoms with Crippen LogP contribution in [0.1, 0.15) is 32.6 Å². The van der Waals surface area contributed by atoms with Crippen LogP contribution in [0.5, 0.6) is 0 Å². The quantitative estimate of drug-likeness (QED) is 0.750. The van der Waals surface area contributed by atoms with E-state index in [-0.39, 0.29) is 17.9 Å². The van der Waals surface area contributed by atoms with Gasteiger partial charge in [0.2, 0.25) is 0 Å². The van der Waals surface area contributed by atoms with Gasteiger partial charge in [0, 0.05) is 6.54 Å². The molecule has 5 heteroatoms. The number of halogens is 1. The number of ketones is 1. The van der Waals surface area contributed by atoms with Crippen molar-refractivity contribution in [2.75, 3.05) is 18.5 Å². The summed E-state index contributed by atoms with van der Waals surface area (Å²) >= 11 is 3.16. The normalized spacial score (nSPS) is 21.4. The van der Waals surface area contributed by atoms with Gasteiger partial charge in [-0.2, -0.15) is 0 Å². The molecule has 0 saturated carbocycles. The molecule has 1 amide bonds. The SMILES string of the molecule is CCOC(=O)N1CCCCCC1C(=O)CBr. The average Bonchev–Trinajstić information content (AvgIpc) is 2.53. The number of hydrogen-bond donors (Lipinski definition) is 0. The lowest BCUT2D eigenvalue weighted by Gasteiger charge is -2.27. The van der Waals surface area contributed by atoms with E-state index in [2.05, 4.69) is 15.9 Å². The molecule has 0 bridgehead atoms. The largest absolute Gasteiger partial charge is 0.450 e. The van der Waals surface area contributed by atoms with Gasteiger partial charge in [0.25, 0.3) is 0 Å². The molecular formula is C11H18BrNO3. The topological polar surface area (TPSA) is 46.6 Å². The Balaban J connectivity index is 2.72. The van der Waals surface area contributed by atoms with Crippen LogP contribution < -0.4 is 0 Å². The summed E-state index contributed by atoms with van der Waals surface area (Å²) in [7, 11) is 0. The van der Waals surface area contributed by atoms with Crippen molar-refractivity contribution in [3.63, 3.8) is 0 Å². The molecule has 1 aliphatic heterocycles. The van der Waals surface area contributed by atoms with Crippen molar-refractivity contribution in [2.45, 2.75) is 38.6 Å². The van der Waals surface area contributed by atoms with Crippen LogP contribution in [0.15, 0.2) is 0 Å². The Hall–Kier alpha value is -0.580. The van der Waals surface area contributed by atoms with E-state index >= 15 is 0 Å². The van der Waals surface area contributed by atoms with E-state index in [9.17, 15) is 9.59 Å². The maximum absolute atomic E-state index is 11.7. The van der Waals surface area contributed by atoms with Crippen molar-refractivity contribution >= 4 is 27.8 Å². The minimum atomic E-state index is -0.358. The zero-order chi connectivity index (χ0) is 12.0. The molecule has 0 N–H and O–H groups in total. The molecule has 1 fully saturated rings. The third-order valence-corrected chi connectivity index (χ3v) is 3.31. The number of rotatable bonds is 3. The van der Waals surface area contributed by atoms with Crippen LogP contribution in [0.3, 0.4) is 0 Å². The van der Waals surface area contributed by atoms with Crippen molar-refractivity contribution in [1.82, 2.24) is 4.90 Å². The van der Waals surface area contributed by atoms with E-state index in [1.54, 1.807) is 11.8 Å². The fraction of sp³-hybridized carbons (Fsp3) is 0.818. The highest BCUT2D eigenvalue weighted by Crippen LogP contribution is 2.19. The molecule has 1 aliphatic rings. The summed E-state index contributed by atoms with van der Waals surface area (Å²) < 4.78 is 4.98. The third-order valence-electron chi connectivity index (χ3n) is 2.76. The van der Waals surface area contributed by atoms with Gasteiger partial charge in [-0.05, 0) is 19.8 Å². The summed E-state index contributed by atoms with van der Waals surface area (Å²) in [5.74, 6) is 0.0648. The molecule has 16 heavy (non-hydrogen) atoms. The summed E-state index contributed by atoms with van der Waals surface area (Å²) in [5, 5.41) is 0.299. The number of Topliss-reactive ketones (excluding diaryl/α,β-unsaturated/α-hetero) is 1. The van der Waals surface area contributed by atoms with Crippen LogP contribution >= 0.6 is 15.9 Å². The van der Waals surface area contributed by atoms with Gasteiger partial charge in [-0.15, -0.1) is 0 Å². The molecule has 0 aliphatic carbocycles. The summed E-state index contributed by atoms with van der Waals surface area (Å²) in [5.41, 5.74) is 0. The molecule has 0 aromatic heterocycles. The van der Waals surface area contributed by atoms with Crippen molar-refractivity contribution in [1.29, 1.82) is 0 Å². The Labute approximate surface area is 104 Å². The van der Waals surface area contributed by atoms with E-state index in [0.29, 0.717) is 18.5 Å². The average molecular weight is 292 g/mol. The second-order valence-corrected chi connectivity index (χ2v) is 4.42. The van der Waals surface area contributed by atoms with Gasteiger partial charge in [0.1, 0.15) is 0 Å². The molecule has 0 aromatic carbocycles. The predicted octanol–water partition coefficient (Wildman–Crippen LogP) is 2.35. The molecular weight excluding hydrogens is 274 g/mol. The van der Waals surface area contributed by atoms with Gasteiger partial charge in [0.15, 0.2) is 5.78 Å². The van der Waals surface area contributed by atoms with Crippen molar-refractivity contribution in [3.05, 3.63) is 0 Å². The number of ether oxygens (including phenoxy) is 1. The Morgan fingerprint density at radius 1 is 1.38 bits per heavy atom. The zero-order valence-corrected chi connectivity index (χ0v) is 11.2. The van der Waals surface area contributed by atoms with Crippen molar-refractivity contribution in [3.8, 4) is 0 Å². The first-order valence-corrected chi connectivity index (χ1v) is 6.85. The highest BCUT2D eigenvalue weighted by molar-refractivity contribution is 9.09. The molecule has 0 spiro atoms. The van der Waals surface area contributed by atoms with E-state index in [1.165, 1.54) is 0 Å². The zero-order valence-electron chi connectivity index (χ0n) is 9.58. The molecule has 92 valence electrons. The van der Waals surface area contributed by atoms with Gasteiger partial charge in [-0.3, -0.25) is 9.69 Å². The first kappa shape index (κ1) is 13.5. The summed E-state index contributed by atoms with van der Waals surface area (Å²) in [6, 6.07) is -0.305. The lowest BCUT2D eigenvalue weighted by molar-refractivity contribution is -0.121. The summed E-state index contributed by atoms with van der Waals surface area (Å²) in [6.45, 7) is 2.75. The maximum atomic E-state index is 11.7. The fourth-order valence-electron chi connectivity index (χ4n) is 1.96. The highest BCUT2D eigenvalue weighted by Gasteiger charge is 2.30. The number of nitrogens with zero attached hydrogens (tertiary/aromatic N) is 1. The number of carbonyl (C=O) groups excluding carboxylic acids is 2. The number of alkyl halides is 1. The molecule has 0 radical (unpaired) electrons. The van der Waals surface area contributed by atoms with Gasteiger partial charge in [-0.25, -0.2) is 4.79 Å². The first-order valence-electron chi connectivity index (χ1n) is 5.72. The monoisotopic (exact) mass is 291 g/mol. The fourth-order valence-corrected chi connectivity index (χ4v) is 2.33. The second-order valence-electron chi connectivity index (χ2n) is 3.86. The van der Waals surface area contributed by atoms with Crippen LogP contribution in [0.2, 0.25) is 0 Å². The van der Waals surface area contributed by atoms with Crippen LogP contribution in [0.25, 0.3) is 0 Å². The van der Waals surface area contributed by atoms with E-state index in [1.807, 2.05) is 0 Å². The summed E-state index contributed by atoms with van der Waals surface area (Å²) in [6.07, 6.45) is 3.42. The minimum absolute atomic E-state index is 0.0648. The van der Waals surface area contributed by atoms with Gasteiger partial charge >= 0.3 is 6.09 Å². The summed E-state index contributed by atoms with van der Waals surface area (Å²) in [4.78, 5) is 25.0. The minimum Gasteiger partial charge on any atom is -0.450 e. The lowest BCUT2D eigenvalue weighted by Crippen LogP contribution is -2.45. The lowest BCUT2D eigenvalue weighted by atomic mass is 10.1. The molecule has 1 saturated heterocycles. The molecule has 0 aromatic rings. The van der Waals surface area contributed by atoms with Crippen LogP contribution in [0, 0.1) is 0 Å². The van der Waals surface area contributed by atoms with E-state index in [4.69, 9.17) is 4.74 Å². The first-order chi connectivity index (χ1) is 7.70. The molecule has 1 unspecified atom stereocenters.